The Balaban J connectivity index is 1.29. The summed E-state index contributed by atoms with van der Waals surface area (Å²) >= 11 is 14.4. The number of halogens is 2. The lowest BCUT2D eigenvalue weighted by Crippen LogP contribution is -2.55. The van der Waals surface area contributed by atoms with Crippen LogP contribution in [-0.4, -0.2) is 130 Å². The largest absolute Gasteiger partial charge is 0.463 e. The zero-order chi connectivity index (χ0) is 50.2. The number of likely N-dealkylation sites (N-methyl/N-ethyl adjacent to an activating group) is 1. The molecule has 376 valence electrons. The Morgan fingerprint density at radius 2 is 1.43 bits per heavy atom. The highest BCUT2D eigenvalue weighted by molar-refractivity contribution is 6.32. The monoisotopic (exact) mass is 1000 g/mol. The van der Waals surface area contributed by atoms with Crippen molar-refractivity contribution in [2.75, 3.05) is 40.4 Å². The van der Waals surface area contributed by atoms with Crippen molar-refractivity contribution in [1.82, 2.24) is 10.2 Å². The number of rotatable bonds is 14. The summed E-state index contributed by atoms with van der Waals surface area (Å²) in [5.74, 6) is -4.82. The van der Waals surface area contributed by atoms with Crippen molar-refractivity contribution in [1.29, 1.82) is 0 Å². The average Bonchev–Trinajstić information content (AvgIpc) is 3.56. The first-order chi connectivity index (χ1) is 32.6. The SMILES string of the molecule is CC(=O)OCC1OC(Oc2cc3c(cc2Cl)C2(OC(=O)c4cc(C(=O)NCCN(C)C)ccc42)C2CC(Cl)C(OC4OC(COC(C)=O)C(C)C(OC(C)=O)C4C)C=C2O3)C(OC(C)=O)C(C)C1C. The van der Waals surface area contributed by atoms with E-state index in [-0.39, 0.29) is 70.9 Å². The van der Waals surface area contributed by atoms with Crippen LogP contribution in [-0.2, 0) is 62.7 Å². The van der Waals surface area contributed by atoms with Gasteiger partial charge >= 0.3 is 29.8 Å². The molecule has 1 aliphatic carbocycles. The van der Waals surface area contributed by atoms with Crippen molar-refractivity contribution in [2.45, 2.75) is 116 Å². The van der Waals surface area contributed by atoms with Gasteiger partial charge in [-0.3, -0.25) is 24.0 Å². The van der Waals surface area contributed by atoms with Crippen molar-refractivity contribution >= 4 is 59.0 Å². The molecular weight excluding hydrogens is 943 g/mol. The summed E-state index contributed by atoms with van der Waals surface area (Å²) in [5, 5.41) is 2.15. The average molecular weight is 1000 g/mol. The molecule has 69 heavy (non-hydrogen) atoms. The molecule has 14 atom stereocenters. The molecule has 7 rings (SSSR count). The number of ether oxygens (including phenoxy) is 10. The third-order valence-electron chi connectivity index (χ3n) is 13.6. The van der Waals surface area contributed by atoms with E-state index in [9.17, 15) is 28.8 Å². The van der Waals surface area contributed by atoms with Crippen molar-refractivity contribution in [3.05, 3.63) is 69.4 Å². The van der Waals surface area contributed by atoms with Crippen LogP contribution in [0.5, 0.6) is 11.5 Å². The molecule has 5 aliphatic rings. The highest BCUT2D eigenvalue weighted by Gasteiger charge is 2.60. The second kappa shape index (κ2) is 21.2. The van der Waals surface area contributed by atoms with E-state index in [4.69, 9.17) is 70.6 Å². The van der Waals surface area contributed by atoms with Crippen LogP contribution in [0.15, 0.2) is 42.2 Å². The van der Waals surface area contributed by atoms with Gasteiger partial charge in [0.25, 0.3) is 5.91 Å². The van der Waals surface area contributed by atoms with Gasteiger partial charge in [0, 0.05) is 81.3 Å². The summed E-state index contributed by atoms with van der Waals surface area (Å²) in [6, 6.07) is 7.90. The quantitative estimate of drug-likeness (QED) is 0.137. The molecule has 1 spiro atoms. The van der Waals surface area contributed by atoms with Crippen molar-refractivity contribution in [3.63, 3.8) is 0 Å². The van der Waals surface area contributed by atoms with E-state index in [1.165, 1.54) is 39.8 Å². The molecule has 14 unspecified atom stereocenters. The van der Waals surface area contributed by atoms with Crippen LogP contribution >= 0.6 is 23.2 Å². The van der Waals surface area contributed by atoms with Gasteiger partial charge in [-0.1, -0.05) is 45.4 Å². The molecule has 1 N–H and O–H groups in total. The Bertz CT molecular complexity index is 2360. The van der Waals surface area contributed by atoms with Crippen molar-refractivity contribution in [3.8, 4) is 11.5 Å². The number of amides is 1. The molecular formula is C49H60Cl2N2O16. The first-order valence-corrected chi connectivity index (χ1v) is 23.8. The Kier molecular flexibility index (Phi) is 15.9. The fourth-order valence-corrected chi connectivity index (χ4v) is 10.3. The molecule has 2 aromatic rings. The molecule has 18 nitrogen and oxygen atoms in total. The number of benzene rings is 2. The molecule has 0 aromatic heterocycles. The van der Waals surface area contributed by atoms with Crippen molar-refractivity contribution in [2.24, 2.45) is 29.6 Å². The summed E-state index contributed by atoms with van der Waals surface area (Å²) in [6.45, 7) is 13.4. The van der Waals surface area contributed by atoms with Crippen LogP contribution in [0.25, 0.3) is 0 Å². The van der Waals surface area contributed by atoms with Gasteiger partial charge in [0.15, 0.2) is 18.0 Å². The molecule has 0 saturated carbocycles. The Morgan fingerprint density at radius 1 is 0.797 bits per heavy atom. The first-order valence-electron chi connectivity index (χ1n) is 23.0. The molecule has 1 amide bonds. The van der Waals surface area contributed by atoms with Gasteiger partial charge in [0.1, 0.15) is 42.7 Å². The van der Waals surface area contributed by atoms with Gasteiger partial charge in [-0.2, -0.15) is 0 Å². The van der Waals surface area contributed by atoms with Crippen LogP contribution in [0, 0.1) is 29.6 Å². The summed E-state index contributed by atoms with van der Waals surface area (Å²) in [5.41, 5.74) is -0.417. The number of fused-ring (bicyclic) bond motifs is 6. The predicted molar refractivity (Wildman–Crippen MR) is 245 cm³/mol. The van der Waals surface area contributed by atoms with E-state index in [0.717, 1.165) is 0 Å². The summed E-state index contributed by atoms with van der Waals surface area (Å²) in [6.07, 6.45) is -4.24. The van der Waals surface area contributed by atoms with Gasteiger partial charge in [-0.25, -0.2) is 4.79 Å². The third-order valence-corrected chi connectivity index (χ3v) is 14.3. The minimum Gasteiger partial charge on any atom is -0.463 e. The summed E-state index contributed by atoms with van der Waals surface area (Å²) < 4.78 is 61.2. The van der Waals surface area contributed by atoms with Crippen molar-refractivity contribution < 1.29 is 76.1 Å². The maximum absolute atomic E-state index is 14.2. The van der Waals surface area contributed by atoms with Crippen LogP contribution < -0.4 is 14.8 Å². The van der Waals surface area contributed by atoms with E-state index in [1.807, 2.05) is 46.7 Å². The summed E-state index contributed by atoms with van der Waals surface area (Å²) in [4.78, 5) is 77.8. The Morgan fingerprint density at radius 3 is 2.07 bits per heavy atom. The molecule has 4 heterocycles. The topological polar surface area (TPSA) is 210 Å². The second-order valence-electron chi connectivity index (χ2n) is 18.7. The van der Waals surface area contributed by atoms with E-state index >= 15 is 0 Å². The van der Waals surface area contributed by atoms with E-state index in [2.05, 4.69) is 5.32 Å². The maximum Gasteiger partial charge on any atom is 0.339 e. The maximum atomic E-state index is 14.2. The van der Waals surface area contributed by atoms with Crippen LogP contribution in [0.4, 0.5) is 0 Å². The smallest absolute Gasteiger partial charge is 0.339 e. The van der Waals surface area contributed by atoms with E-state index in [0.29, 0.717) is 30.0 Å². The number of hydrogen-bond acceptors (Lipinski definition) is 17. The normalized spacial score (nSPS) is 32.3. The fourth-order valence-electron chi connectivity index (χ4n) is 9.75. The summed E-state index contributed by atoms with van der Waals surface area (Å²) in [7, 11) is 3.78. The third kappa shape index (κ3) is 10.9. The zero-order valence-electron chi connectivity index (χ0n) is 40.2. The number of nitrogens with one attached hydrogen (secondary N) is 1. The molecule has 2 saturated heterocycles. The predicted octanol–water partition coefficient (Wildman–Crippen LogP) is 5.70. The van der Waals surface area contributed by atoms with Gasteiger partial charge < -0.3 is 57.6 Å². The van der Waals surface area contributed by atoms with Crippen LogP contribution in [0.2, 0.25) is 5.02 Å². The number of carbonyl (C=O) groups is 6. The zero-order valence-corrected chi connectivity index (χ0v) is 41.8. The molecule has 20 heteroatoms. The Hall–Kier alpha value is -4.98. The molecule has 2 fully saturated rings. The highest BCUT2D eigenvalue weighted by Crippen LogP contribution is 2.60. The molecule has 4 aliphatic heterocycles. The van der Waals surface area contributed by atoms with E-state index < -0.39 is 95.8 Å². The molecule has 0 radical (unpaired) electrons. The van der Waals surface area contributed by atoms with Crippen LogP contribution in [0.3, 0.4) is 0 Å². The standard InChI is InChI=1S/C49H60Cl2N2O16/c1-22-23(2)44(63-29(8)57)48(68-41(22)20-60-26(5)54)66-40-19-38-34(17-36(40)51)49(32-12-11-30(15-31(32)46(59)69-49)45(58)52-13-14-53(9)10)33-16-35(50)39(18-37(33)64-38)65-47-25(4)43(62-28(7)56)24(3)42(67-47)21-61-27(6)55/h11-12,15,17-19,22-25,33,35,39,41-44,47-48H,13-14,16,20-21H2,1-10H3,(H,52,58). The lowest BCUT2D eigenvalue weighted by atomic mass is 9.69. The number of nitrogens with zero attached hydrogens (tertiary/aromatic N) is 1. The van der Waals surface area contributed by atoms with Gasteiger partial charge in [-0.05, 0) is 50.7 Å². The first kappa shape index (κ1) is 51.9. The lowest BCUT2D eigenvalue weighted by Gasteiger charge is -2.48. The second-order valence-corrected chi connectivity index (χ2v) is 19.7. The Labute approximate surface area is 410 Å². The van der Waals surface area contributed by atoms with Gasteiger partial charge in [0.05, 0.1) is 34.1 Å². The number of carbonyl (C=O) groups excluding carboxylic acids is 6. The minimum atomic E-state index is -1.60. The number of hydrogen-bond donors (Lipinski definition) is 1. The molecule has 0 bridgehead atoms. The molecule has 2 aromatic carbocycles. The highest BCUT2D eigenvalue weighted by atomic mass is 35.5. The number of esters is 5. The van der Waals surface area contributed by atoms with Gasteiger partial charge in [0.2, 0.25) is 6.29 Å². The van der Waals surface area contributed by atoms with Crippen LogP contribution in [0.1, 0.15) is 93.7 Å². The minimum absolute atomic E-state index is 0.0567. The lowest BCUT2D eigenvalue weighted by molar-refractivity contribution is -0.280. The fraction of sp³-hybridized carbons (Fsp3) is 0.592. The van der Waals surface area contributed by atoms with E-state index in [1.54, 1.807) is 24.3 Å². The van der Waals surface area contributed by atoms with Gasteiger partial charge in [-0.15, -0.1) is 11.6 Å². The number of alkyl halides is 1.